The van der Waals surface area contributed by atoms with Crippen molar-refractivity contribution in [1.29, 1.82) is 0 Å². The van der Waals surface area contributed by atoms with Gasteiger partial charge in [0.15, 0.2) is 0 Å². The van der Waals surface area contributed by atoms with Crippen molar-refractivity contribution in [3.8, 4) is 0 Å². The highest BCUT2D eigenvalue weighted by molar-refractivity contribution is 7.52. The molecule has 0 rings (SSSR count). The van der Waals surface area contributed by atoms with Crippen molar-refractivity contribution in [3.63, 3.8) is 0 Å². The van der Waals surface area contributed by atoms with E-state index in [-0.39, 0.29) is 5.97 Å². The Bertz CT molecular complexity index is 166. The molecular weight excluding hydrogens is 183 g/mol. The second-order valence-corrected chi connectivity index (χ2v) is 5.39. The van der Waals surface area contributed by atoms with Gasteiger partial charge in [-0.3, -0.25) is 0 Å². The molecule has 0 saturated heterocycles. The first-order valence-electron chi connectivity index (χ1n) is 4.61. The van der Waals surface area contributed by atoms with E-state index in [4.69, 9.17) is 4.52 Å². The van der Waals surface area contributed by atoms with Crippen LogP contribution in [0.2, 0.25) is 0 Å². The van der Waals surface area contributed by atoms with Gasteiger partial charge < -0.3 is 4.52 Å². The molecule has 2 nitrogen and oxygen atoms in total. The van der Waals surface area contributed by atoms with Gasteiger partial charge >= 0.3 is 5.97 Å². The molecule has 13 heavy (non-hydrogen) atoms. The summed E-state index contributed by atoms with van der Waals surface area (Å²) < 4.78 is 5.09. The molecule has 76 valence electrons. The second-order valence-electron chi connectivity index (χ2n) is 3.50. The van der Waals surface area contributed by atoms with Gasteiger partial charge in [0.2, 0.25) is 0 Å². The van der Waals surface area contributed by atoms with E-state index in [1.54, 1.807) is 0 Å². The summed E-state index contributed by atoms with van der Waals surface area (Å²) in [5.74, 6) is 0.441. The van der Waals surface area contributed by atoms with Gasteiger partial charge in [-0.2, -0.15) is 0 Å². The van der Waals surface area contributed by atoms with Gasteiger partial charge in [-0.1, -0.05) is 26.8 Å². The monoisotopic (exact) mass is 202 g/mol. The van der Waals surface area contributed by atoms with Crippen molar-refractivity contribution in [2.75, 3.05) is 12.8 Å². The van der Waals surface area contributed by atoms with Gasteiger partial charge in [0.25, 0.3) is 0 Å². The Balaban J connectivity index is 3.45. The highest BCUT2D eigenvalue weighted by Crippen LogP contribution is 2.33. The van der Waals surface area contributed by atoms with E-state index in [0.717, 1.165) is 18.5 Å². The maximum absolute atomic E-state index is 10.8. The van der Waals surface area contributed by atoms with Crippen LogP contribution in [0.1, 0.15) is 26.7 Å². The lowest BCUT2D eigenvalue weighted by Crippen LogP contribution is -1.98. The molecule has 0 heterocycles. The molecule has 0 aromatic carbocycles. The highest BCUT2D eigenvalue weighted by Gasteiger charge is 2.06. The molecular formula is C10H19O2P. The van der Waals surface area contributed by atoms with Crippen molar-refractivity contribution < 1.29 is 9.32 Å². The van der Waals surface area contributed by atoms with Crippen molar-refractivity contribution >= 4 is 14.1 Å². The molecule has 0 saturated carbocycles. The summed E-state index contributed by atoms with van der Waals surface area (Å²) in [6.45, 7) is 9.75. The minimum Gasteiger partial charge on any atom is -0.442 e. The molecule has 1 atom stereocenters. The highest BCUT2D eigenvalue weighted by atomic mass is 31.1. The molecule has 0 fully saturated rings. The van der Waals surface area contributed by atoms with Crippen LogP contribution in [0.25, 0.3) is 0 Å². The first-order valence-corrected chi connectivity index (χ1v) is 6.51. The van der Waals surface area contributed by atoms with Crippen LogP contribution in [-0.2, 0) is 9.32 Å². The third-order valence-electron chi connectivity index (χ3n) is 1.67. The Morgan fingerprint density at radius 1 is 1.62 bits per heavy atom. The van der Waals surface area contributed by atoms with Crippen LogP contribution in [0, 0.1) is 5.92 Å². The largest absolute Gasteiger partial charge is 0.442 e. The minimum absolute atomic E-state index is 0.293. The van der Waals surface area contributed by atoms with Crippen molar-refractivity contribution in [2.45, 2.75) is 26.7 Å². The predicted molar refractivity (Wildman–Crippen MR) is 58.1 cm³/mol. The standard InChI is InChI=1S/C10H19O2P/c1-5-10(11)12-13(4)8-6-7-9(2)3/h5,9H,1,6-8H2,2-4H3. The number of carbonyl (C=O) groups is 1. The van der Waals surface area contributed by atoms with Crippen LogP contribution >= 0.6 is 8.15 Å². The fraction of sp³-hybridized carbons (Fsp3) is 0.700. The number of hydrogen-bond acceptors (Lipinski definition) is 2. The average Bonchev–Trinajstić information content (AvgIpc) is 2.03. The zero-order valence-corrected chi connectivity index (χ0v) is 9.64. The molecule has 1 unspecified atom stereocenters. The summed E-state index contributed by atoms with van der Waals surface area (Å²) >= 11 is 0. The molecule has 0 spiro atoms. The Morgan fingerprint density at radius 3 is 2.69 bits per heavy atom. The van der Waals surface area contributed by atoms with Crippen LogP contribution in [0.4, 0.5) is 0 Å². The molecule has 0 aliphatic carbocycles. The Morgan fingerprint density at radius 2 is 2.23 bits per heavy atom. The van der Waals surface area contributed by atoms with Crippen LogP contribution < -0.4 is 0 Å². The van der Waals surface area contributed by atoms with Gasteiger partial charge in [0.1, 0.15) is 0 Å². The zero-order chi connectivity index (χ0) is 10.3. The fourth-order valence-electron chi connectivity index (χ4n) is 0.959. The third-order valence-corrected chi connectivity index (χ3v) is 3.10. The summed E-state index contributed by atoms with van der Waals surface area (Å²) in [6, 6.07) is 0. The van der Waals surface area contributed by atoms with Crippen molar-refractivity contribution in [3.05, 3.63) is 12.7 Å². The molecule has 3 heteroatoms. The predicted octanol–water partition coefficient (Wildman–Crippen LogP) is 3.18. The zero-order valence-electron chi connectivity index (χ0n) is 8.75. The lowest BCUT2D eigenvalue weighted by molar-refractivity contribution is -0.128. The number of hydrogen-bond donors (Lipinski definition) is 0. The van der Waals surface area contributed by atoms with Gasteiger partial charge in [-0.15, -0.1) is 0 Å². The minimum atomic E-state index is -0.577. The van der Waals surface area contributed by atoms with E-state index < -0.39 is 8.15 Å². The topological polar surface area (TPSA) is 26.3 Å². The Kier molecular flexibility index (Phi) is 6.89. The van der Waals surface area contributed by atoms with E-state index in [2.05, 4.69) is 20.4 Å². The van der Waals surface area contributed by atoms with E-state index in [1.165, 1.54) is 12.5 Å². The molecule has 0 N–H and O–H groups in total. The lowest BCUT2D eigenvalue weighted by Gasteiger charge is -2.11. The van der Waals surface area contributed by atoms with Crippen molar-refractivity contribution in [1.82, 2.24) is 0 Å². The molecule has 0 radical (unpaired) electrons. The van der Waals surface area contributed by atoms with Gasteiger partial charge in [0.05, 0.1) is 8.15 Å². The molecule has 0 aromatic heterocycles. The number of rotatable bonds is 6. The smallest absolute Gasteiger partial charge is 0.332 e. The summed E-state index contributed by atoms with van der Waals surface area (Å²) in [7, 11) is -0.577. The first kappa shape index (κ1) is 12.6. The summed E-state index contributed by atoms with van der Waals surface area (Å²) in [4.78, 5) is 10.8. The normalized spacial score (nSPS) is 12.6. The first-order chi connectivity index (χ1) is 6.06. The number of carbonyl (C=O) groups excluding carboxylic acids is 1. The maximum Gasteiger partial charge on any atom is 0.332 e. The molecule has 0 bridgehead atoms. The van der Waals surface area contributed by atoms with Crippen molar-refractivity contribution in [2.24, 2.45) is 5.92 Å². The van der Waals surface area contributed by atoms with E-state index in [9.17, 15) is 4.79 Å². The maximum atomic E-state index is 10.8. The van der Waals surface area contributed by atoms with Crippen LogP contribution in [0.15, 0.2) is 12.7 Å². The molecule has 0 aliphatic rings. The SMILES string of the molecule is C=CC(=O)OP(C)CCCC(C)C. The van der Waals surface area contributed by atoms with Gasteiger partial charge in [-0.25, -0.2) is 4.79 Å². The summed E-state index contributed by atoms with van der Waals surface area (Å²) in [5, 5.41) is 0. The lowest BCUT2D eigenvalue weighted by atomic mass is 10.1. The van der Waals surface area contributed by atoms with Crippen LogP contribution in [0.5, 0.6) is 0 Å². The molecule has 0 aromatic rings. The summed E-state index contributed by atoms with van der Waals surface area (Å²) in [6.07, 6.45) is 4.58. The van der Waals surface area contributed by atoms with E-state index in [1.807, 2.05) is 6.66 Å². The molecule has 0 aliphatic heterocycles. The van der Waals surface area contributed by atoms with E-state index >= 15 is 0 Å². The second kappa shape index (κ2) is 7.08. The van der Waals surface area contributed by atoms with Gasteiger partial charge in [0, 0.05) is 12.2 Å². The van der Waals surface area contributed by atoms with Crippen LogP contribution in [0.3, 0.4) is 0 Å². The fourth-order valence-corrected chi connectivity index (χ4v) is 2.06. The Hall–Kier alpha value is -0.360. The third kappa shape index (κ3) is 7.98. The quantitative estimate of drug-likeness (QED) is 0.488. The molecule has 0 amide bonds. The van der Waals surface area contributed by atoms with Crippen LogP contribution in [-0.4, -0.2) is 18.8 Å². The van der Waals surface area contributed by atoms with E-state index in [0.29, 0.717) is 0 Å². The average molecular weight is 202 g/mol. The Labute approximate surface area is 82.2 Å². The van der Waals surface area contributed by atoms with Gasteiger partial charge in [-0.05, 0) is 19.0 Å². The summed E-state index contributed by atoms with van der Waals surface area (Å²) in [5.41, 5.74) is 0.